The van der Waals surface area contributed by atoms with E-state index in [0.29, 0.717) is 11.3 Å². The van der Waals surface area contributed by atoms with Gasteiger partial charge in [-0.1, -0.05) is 32.6 Å². The lowest BCUT2D eigenvalue weighted by Gasteiger charge is -2.21. The number of aliphatic hydroxyl groups is 1. The Morgan fingerprint density at radius 2 is 2.00 bits per heavy atom. The summed E-state index contributed by atoms with van der Waals surface area (Å²) in [7, 11) is 1.47. The highest BCUT2D eigenvalue weighted by atomic mass is 19.1. The first-order valence-corrected chi connectivity index (χ1v) is 6.69. The quantitative estimate of drug-likeness (QED) is 0.789. The molecule has 0 radical (unpaired) electrons. The van der Waals surface area contributed by atoms with Gasteiger partial charge in [0, 0.05) is 7.05 Å². The highest BCUT2D eigenvalue weighted by Gasteiger charge is 2.22. The van der Waals surface area contributed by atoms with E-state index in [-0.39, 0.29) is 12.2 Å². The van der Waals surface area contributed by atoms with Crippen LogP contribution < -0.4 is 5.69 Å². The largest absolute Gasteiger partial charge is 0.384 e. The van der Waals surface area contributed by atoms with E-state index in [1.54, 1.807) is 6.07 Å². The number of halogens is 1. The Kier molecular flexibility index (Phi) is 4.15. The van der Waals surface area contributed by atoms with Crippen molar-refractivity contribution in [3.05, 3.63) is 39.6 Å². The molecule has 0 aliphatic rings. The van der Waals surface area contributed by atoms with Crippen LogP contribution in [0.25, 0.3) is 5.69 Å². The Bertz CT molecular complexity index is 819. The van der Waals surface area contributed by atoms with Gasteiger partial charge in [0.2, 0.25) is 0 Å². The predicted molar refractivity (Wildman–Crippen MR) is 79.2 cm³/mol. The molecule has 0 bridgehead atoms. The molecule has 0 saturated heterocycles. The summed E-state index contributed by atoms with van der Waals surface area (Å²) in [5.74, 6) is 4.67. The third-order valence-electron chi connectivity index (χ3n) is 3.15. The SMILES string of the molecule is Cn1nnn(-c2cc(C(C)(C)C)c(F)cc2C#CCO)c1=O. The van der Waals surface area contributed by atoms with Gasteiger partial charge in [-0.3, -0.25) is 0 Å². The molecule has 0 unspecified atom stereocenters. The van der Waals surface area contributed by atoms with E-state index in [2.05, 4.69) is 22.3 Å². The summed E-state index contributed by atoms with van der Waals surface area (Å²) in [6.45, 7) is 5.24. The lowest BCUT2D eigenvalue weighted by Crippen LogP contribution is -2.24. The van der Waals surface area contributed by atoms with Crippen molar-refractivity contribution in [1.82, 2.24) is 19.8 Å². The Hall–Kier alpha value is -2.46. The van der Waals surface area contributed by atoms with Crippen molar-refractivity contribution in [3.63, 3.8) is 0 Å². The smallest absolute Gasteiger partial charge is 0.368 e. The van der Waals surface area contributed by atoms with Crippen molar-refractivity contribution in [1.29, 1.82) is 0 Å². The van der Waals surface area contributed by atoms with Crippen LogP contribution in [-0.4, -0.2) is 31.5 Å². The molecule has 2 aromatic rings. The summed E-state index contributed by atoms with van der Waals surface area (Å²) < 4.78 is 16.5. The molecular formula is C15H17FN4O2. The molecule has 7 heteroatoms. The van der Waals surface area contributed by atoms with Gasteiger partial charge in [-0.25, -0.2) is 9.18 Å². The van der Waals surface area contributed by atoms with E-state index in [9.17, 15) is 9.18 Å². The van der Waals surface area contributed by atoms with Crippen LogP contribution in [0.4, 0.5) is 4.39 Å². The molecule has 1 heterocycles. The van der Waals surface area contributed by atoms with Crippen LogP contribution in [0.3, 0.4) is 0 Å². The fourth-order valence-electron chi connectivity index (χ4n) is 2.01. The van der Waals surface area contributed by atoms with Gasteiger partial charge in [-0.2, -0.15) is 9.36 Å². The third-order valence-corrected chi connectivity index (χ3v) is 3.15. The maximum Gasteiger partial charge on any atom is 0.368 e. The lowest BCUT2D eigenvalue weighted by molar-refractivity contribution is 0.350. The maximum atomic E-state index is 14.3. The normalized spacial score (nSPS) is 11.2. The molecule has 2 rings (SSSR count). The number of nitrogens with zero attached hydrogens (tertiary/aromatic N) is 4. The minimum atomic E-state index is -0.460. The minimum absolute atomic E-state index is 0.266. The molecule has 6 nitrogen and oxygen atoms in total. The third kappa shape index (κ3) is 2.92. The Morgan fingerprint density at radius 3 is 2.50 bits per heavy atom. The average molecular weight is 304 g/mol. The second-order valence-electron chi connectivity index (χ2n) is 5.86. The van der Waals surface area contributed by atoms with Gasteiger partial charge in [0.15, 0.2) is 0 Å². The summed E-state index contributed by atoms with van der Waals surface area (Å²) in [5, 5.41) is 16.3. The monoisotopic (exact) mass is 304 g/mol. The molecule has 0 fully saturated rings. The zero-order valence-corrected chi connectivity index (χ0v) is 12.9. The molecule has 1 aromatic heterocycles. The van der Waals surface area contributed by atoms with Crippen molar-refractivity contribution < 1.29 is 9.50 Å². The summed E-state index contributed by atoms with van der Waals surface area (Å²) in [6, 6.07) is 2.80. The first-order valence-electron chi connectivity index (χ1n) is 6.69. The van der Waals surface area contributed by atoms with Gasteiger partial charge in [0.05, 0.1) is 11.3 Å². The van der Waals surface area contributed by atoms with Crippen LogP contribution >= 0.6 is 0 Å². The summed E-state index contributed by atoms with van der Waals surface area (Å²) >= 11 is 0. The lowest BCUT2D eigenvalue weighted by atomic mass is 9.85. The van der Waals surface area contributed by atoms with Crippen molar-refractivity contribution in [2.24, 2.45) is 7.05 Å². The maximum absolute atomic E-state index is 14.3. The van der Waals surface area contributed by atoms with Crippen LogP contribution in [0, 0.1) is 17.7 Å². The van der Waals surface area contributed by atoms with Crippen molar-refractivity contribution in [3.8, 4) is 17.5 Å². The summed E-state index contributed by atoms with van der Waals surface area (Å²) in [5.41, 5.74) is 0.133. The number of hydrogen-bond acceptors (Lipinski definition) is 4. The number of aryl methyl sites for hydroxylation is 1. The fraction of sp³-hybridized carbons (Fsp3) is 0.400. The van der Waals surface area contributed by atoms with Crippen LogP contribution in [-0.2, 0) is 12.5 Å². The zero-order chi connectivity index (χ0) is 16.5. The number of rotatable bonds is 1. The second-order valence-corrected chi connectivity index (χ2v) is 5.86. The van der Waals surface area contributed by atoms with Crippen molar-refractivity contribution in [2.75, 3.05) is 6.61 Å². The minimum Gasteiger partial charge on any atom is -0.384 e. The Balaban J connectivity index is 2.78. The van der Waals surface area contributed by atoms with E-state index >= 15 is 0 Å². The zero-order valence-electron chi connectivity index (χ0n) is 12.9. The standard InChI is InChI=1S/C15H17FN4O2/c1-15(2,3)11-9-13(20-14(22)19(4)17-18-20)10(6-5-7-21)8-12(11)16/h8-9,21H,7H2,1-4H3. The van der Waals surface area contributed by atoms with Crippen molar-refractivity contribution in [2.45, 2.75) is 26.2 Å². The van der Waals surface area contributed by atoms with Crippen LogP contribution in [0.2, 0.25) is 0 Å². The van der Waals surface area contributed by atoms with E-state index in [0.717, 1.165) is 9.36 Å². The predicted octanol–water partition coefficient (Wildman–Crippen LogP) is 0.746. The number of hydrogen-bond donors (Lipinski definition) is 1. The topological polar surface area (TPSA) is 72.9 Å². The summed E-state index contributed by atoms with van der Waals surface area (Å²) in [4.78, 5) is 12.1. The van der Waals surface area contributed by atoms with Gasteiger partial charge in [-0.15, -0.1) is 0 Å². The molecule has 0 amide bonds. The second kappa shape index (κ2) is 5.73. The van der Waals surface area contributed by atoms with Crippen LogP contribution in [0.1, 0.15) is 31.9 Å². The molecule has 0 saturated carbocycles. The van der Waals surface area contributed by atoms with Crippen LogP contribution in [0.15, 0.2) is 16.9 Å². The number of tetrazole rings is 1. The van der Waals surface area contributed by atoms with Gasteiger partial charge >= 0.3 is 5.69 Å². The van der Waals surface area contributed by atoms with E-state index in [1.807, 2.05) is 20.8 Å². The molecule has 0 aliphatic carbocycles. The van der Waals surface area contributed by atoms with Crippen LogP contribution in [0.5, 0.6) is 0 Å². The van der Waals surface area contributed by atoms with Crippen molar-refractivity contribution >= 4 is 0 Å². The molecule has 0 aliphatic heterocycles. The summed E-state index contributed by atoms with van der Waals surface area (Å²) in [6.07, 6.45) is 0. The van der Waals surface area contributed by atoms with E-state index in [4.69, 9.17) is 5.11 Å². The Morgan fingerprint density at radius 1 is 1.32 bits per heavy atom. The number of aromatic nitrogens is 4. The first-order chi connectivity index (χ1) is 10.3. The van der Waals surface area contributed by atoms with Gasteiger partial charge in [0.1, 0.15) is 12.4 Å². The molecule has 116 valence electrons. The molecule has 22 heavy (non-hydrogen) atoms. The highest BCUT2D eigenvalue weighted by Crippen LogP contribution is 2.28. The average Bonchev–Trinajstić information content (AvgIpc) is 2.75. The molecule has 0 spiro atoms. The molecule has 1 N–H and O–H groups in total. The number of aliphatic hydroxyl groups excluding tert-OH is 1. The van der Waals surface area contributed by atoms with Gasteiger partial charge < -0.3 is 5.11 Å². The molecule has 0 atom stereocenters. The van der Waals surface area contributed by atoms with Gasteiger partial charge in [0.25, 0.3) is 0 Å². The van der Waals surface area contributed by atoms with E-state index in [1.165, 1.54) is 13.1 Å². The van der Waals surface area contributed by atoms with Gasteiger partial charge in [-0.05, 0) is 33.5 Å². The number of benzene rings is 1. The molecule has 1 aromatic carbocycles. The van der Waals surface area contributed by atoms with E-state index < -0.39 is 16.9 Å². The Labute approximate surface area is 127 Å². The first kappa shape index (κ1) is 15.9. The fourth-order valence-corrected chi connectivity index (χ4v) is 2.01. The highest BCUT2D eigenvalue weighted by molar-refractivity contribution is 5.53. The molecular weight excluding hydrogens is 287 g/mol.